The first-order chi connectivity index (χ1) is 6.69. The first kappa shape index (κ1) is 10.9. The number of methoxy groups -OCH3 is 1. The van der Waals surface area contributed by atoms with Gasteiger partial charge in [0.15, 0.2) is 11.5 Å². The summed E-state index contributed by atoms with van der Waals surface area (Å²) in [5.41, 5.74) is 0. The van der Waals surface area contributed by atoms with Crippen LogP contribution >= 0.6 is 15.9 Å². The van der Waals surface area contributed by atoms with Gasteiger partial charge in [0.05, 0.1) is 7.11 Å². The van der Waals surface area contributed by atoms with Crippen molar-refractivity contribution in [2.24, 2.45) is 0 Å². The van der Waals surface area contributed by atoms with E-state index in [1.807, 2.05) is 0 Å². The van der Waals surface area contributed by atoms with E-state index >= 15 is 0 Å². The second-order valence-corrected chi connectivity index (χ2v) is 3.47. The summed E-state index contributed by atoms with van der Waals surface area (Å²) in [5, 5.41) is 9.56. The molecule has 0 aliphatic carbocycles. The van der Waals surface area contributed by atoms with Gasteiger partial charge in [0.25, 0.3) is 0 Å². The van der Waals surface area contributed by atoms with E-state index in [2.05, 4.69) is 22.5 Å². The van der Waals surface area contributed by atoms with Gasteiger partial charge in [-0.3, -0.25) is 0 Å². The molecule has 0 saturated heterocycles. The molecule has 1 aromatic carbocycles. The van der Waals surface area contributed by atoms with E-state index in [9.17, 15) is 5.11 Å². The Bertz CT molecular complexity index is 336. The quantitative estimate of drug-likeness (QED) is 0.845. The minimum atomic E-state index is 0.0399. The normalized spacial score (nSPS) is 9.57. The summed E-state index contributed by atoms with van der Waals surface area (Å²) in [5.74, 6) is 0.854. The van der Waals surface area contributed by atoms with Gasteiger partial charge >= 0.3 is 0 Å². The lowest BCUT2D eigenvalue weighted by Gasteiger charge is -2.11. The number of benzene rings is 1. The van der Waals surface area contributed by atoms with Gasteiger partial charge in [0, 0.05) is 4.47 Å². The maximum absolute atomic E-state index is 9.56. The molecule has 0 heterocycles. The largest absolute Gasteiger partial charge is 0.504 e. The zero-order valence-corrected chi connectivity index (χ0v) is 9.37. The molecule has 0 fully saturated rings. The monoisotopic (exact) mass is 258 g/mol. The molecular weight excluding hydrogens is 248 g/mol. The third-order valence-electron chi connectivity index (χ3n) is 1.57. The smallest absolute Gasteiger partial charge is 0.203 e. The van der Waals surface area contributed by atoms with Gasteiger partial charge in [-0.15, -0.1) is 0 Å². The van der Waals surface area contributed by atoms with Gasteiger partial charge in [-0.05, 0) is 12.1 Å². The van der Waals surface area contributed by atoms with Crippen molar-refractivity contribution in [2.75, 3.05) is 13.7 Å². The molecule has 0 amide bonds. The topological polar surface area (TPSA) is 38.7 Å². The van der Waals surface area contributed by atoms with Crippen LogP contribution in [0, 0.1) is 0 Å². The molecule has 1 rings (SSSR count). The molecule has 0 aliphatic rings. The second kappa shape index (κ2) is 4.91. The van der Waals surface area contributed by atoms with Crippen molar-refractivity contribution in [1.29, 1.82) is 0 Å². The molecule has 0 atom stereocenters. The van der Waals surface area contributed by atoms with Crippen molar-refractivity contribution in [3.8, 4) is 17.2 Å². The summed E-state index contributed by atoms with van der Waals surface area (Å²) in [6.45, 7) is 3.85. The number of hydrogen-bond donors (Lipinski definition) is 1. The van der Waals surface area contributed by atoms with E-state index in [-0.39, 0.29) is 5.75 Å². The maximum Gasteiger partial charge on any atom is 0.203 e. The first-order valence-electron chi connectivity index (χ1n) is 3.99. The molecular formula is C10H11BrO3. The van der Waals surface area contributed by atoms with Gasteiger partial charge in [-0.25, -0.2) is 0 Å². The number of phenols is 1. The van der Waals surface area contributed by atoms with Crippen molar-refractivity contribution >= 4 is 15.9 Å². The third-order valence-corrected chi connectivity index (χ3v) is 2.02. The fourth-order valence-electron chi connectivity index (χ4n) is 0.994. The third kappa shape index (κ3) is 2.42. The molecule has 0 unspecified atom stereocenters. The molecule has 0 radical (unpaired) electrons. The van der Waals surface area contributed by atoms with Crippen LogP contribution in [0.2, 0.25) is 0 Å². The van der Waals surface area contributed by atoms with Crippen molar-refractivity contribution in [1.82, 2.24) is 0 Å². The van der Waals surface area contributed by atoms with Gasteiger partial charge < -0.3 is 14.6 Å². The fraction of sp³-hybridized carbons (Fsp3) is 0.200. The Morgan fingerprint density at radius 3 is 2.86 bits per heavy atom. The minimum Gasteiger partial charge on any atom is -0.504 e. The Morgan fingerprint density at radius 2 is 2.29 bits per heavy atom. The van der Waals surface area contributed by atoms with Gasteiger partial charge in [0.2, 0.25) is 5.75 Å². The fourth-order valence-corrected chi connectivity index (χ4v) is 1.42. The Kier molecular flexibility index (Phi) is 3.83. The highest BCUT2D eigenvalue weighted by atomic mass is 79.9. The summed E-state index contributed by atoms with van der Waals surface area (Å²) < 4.78 is 11.0. The van der Waals surface area contributed by atoms with E-state index in [0.717, 1.165) is 4.47 Å². The average molecular weight is 259 g/mol. The number of halogens is 1. The molecule has 4 heteroatoms. The SMILES string of the molecule is C=CCOc1c(O)cc(Br)cc1OC. The van der Waals surface area contributed by atoms with Gasteiger partial charge in [-0.1, -0.05) is 28.6 Å². The van der Waals surface area contributed by atoms with E-state index in [0.29, 0.717) is 18.1 Å². The Labute approximate surface area is 91.1 Å². The predicted octanol–water partition coefficient (Wildman–Crippen LogP) is 2.73. The summed E-state index contributed by atoms with van der Waals surface area (Å²) in [4.78, 5) is 0. The molecule has 0 aliphatic heterocycles. The summed E-state index contributed by atoms with van der Waals surface area (Å²) in [7, 11) is 1.52. The number of hydrogen-bond acceptors (Lipinski definition) is 3. The van der Waals surface area contributed by atoms with Crippen LogP contribution in [-0.4, -0.2) is 18.8 Å². The molecule has 1 aromatic rings. The highest BCUT2D eigenvalue weighted by Crippen LogP contribution is 2.39. The highest BCUT2D eigenvalue weighted by Gasteiger charge is 2.10. The number of rotatable bonds is 4. The highest BCUT2D eigenvalue weighted by molar-refractivity contribution is 9.10. The van der Waals surface area contributed by atoms with E-state index in [1.54, 1.807) is 18.2 Å². The van der Waals surface area contributed by atoms with Crippen molar-refractivity contribution < 1.29 is 14.6 Å². The first-order valence-corrected chi connectivity index (χ1v) is 4.78. The van der Waals surface area contributed by atoms with Crippen LogP contribution in [0.5, 0.6) is 17.2 Å². The zero-order valence-electron chi connectivity index (χ0n) is 7.79. The average Bonchev–Trinajstić information content (AvgIpc) is 2.15. The lowest BCUT2D eigenvalue weighted by Crippen LogP contribution is -1.96. The lowest BCUT2D eigenvalue weighted by atomic mass is 10.3. The van der Waals surface area contributed by atoms with Crippen LogP contribution in [0.25, 0.3) is 0 Å². The van der Waals surface area contributed by atoms with Crippen molar-refractivity contribution in [2.45, 2.75) is 0 Å². The van der Waals surface area contributed by atoms with Crippen LogP contribution in [0.1, 0.15) is 0 Å². The van der Waals surface area contributed by atoms with Crippen LogP contribution in [0.15, 0.2) is 29.3 Å². The lowest BCUT2D eigenvalue weighted by molar-refractivity contribution is 0.306. The predicted molar refractivity (Wildman–Crippen MR) is 58.1 cm³/mol. The van der Waals surface area contributed by atoms with Crippen molar-refractivity contribution in [3.05, 3.63) is 29.3 Å². The van der Waals surface area contributed by atoms with Crippen LogP contribution in [0.4, 0.5) is 0 Å². The van der Waals surface area contributed by atoms with Crippen LogP contribution in [-0.2, 0) is 0 Å². The Balaban J connectivity index is 3.04. The van der Waals surface area contributed by atoms with E-state index < -0.39 is 0 Å². The Hall–Kier alpha value is -1.16. The second-order valence-electron chi connectivity index (χ2n) is 2.56. The van der Waals surface area contributed by atoms with Crippen molar-refractivity contribution in [3.63, 3.8) is 0 Å². The van der Waals surface area contributed by atoms with Crippen LogP contribution < -0.4 is 9.47 Å². The standard InChI is InChI=1S/C10H11BrO3/c1-3-4-14-10-8(12)5-7(11)6-9(10)13-2/h3,5-6,12H,1,4H2,2H3. The van der Waals surface area contributed by atoms with E-state index in [4.69, 9.17) is 9.47 Å². The van der Waals surface area contributed by atoms with Crippen LogP contribution in [0.3, 0.4) is 0 Å². The number of ether oxygens (including phenoxy) is 2. The maximum atomic E-state index is 9.56. The Morgan fingerprint density at radius 1 is 1.57 bits per heavy atom. The molecule has 76 valence electrons. The molecule has 1 N–H and O–H groups in total. The molecule has 14 heavy (non-hydrogen) atoms. The molecule has 0 spiro atoms. The minimum absolute atomic E-state index is 0.0399. The summed E-state index contributed by atoms with van der Waals surface area (Å²) in [6.07, 6.45) is 1.60. The van der Waals surface area contributed by atoms with E-state index in [1.165, 1.54) is 7.11 Å². The summed E-state index contributed by atoms with van der Waals surface area (Å²) in [6, 6.07) is 3.26. The number of aromatic hydroxyl groups is 1. The summed E-state index contributed by atoms with van der Waals surface area (Å²) >= 11 is 3.24. The molecule has 0 bridgehead atoms. The molecule has 3 nitrogen and oxygen atoms in total. The number of phenolic OH excluding ortho intramolecular Hbond substituents is 1. The van der Waals surface area contributed by atoms with Gasteiger partial charge in [-0.2, -0.15) is 0 Å². The van der Waals surface area contributed by atoms with Gasteiger partial charge in [0.1, 0.15) is 6.61 Å². The zero-order chi connectivity index (χ0) is 10.6. The molecule has 0 aromatic heterocycles. The molecule has 0 saturated carbocycles.